The van der Waals surface area contributed by atoms with Crippen LogP contribution in [-0.2, 0) is 6.54 Å². The summed E-state index contributed by atoms with van der Waals surface area (Å²) in [6, 6.07) is 4.67. The number of benzene rings is 1. The van der Waals surface area contributed by atoms with Crippen molar-refractivity contribution in [1.29, 1.82) is 0 Å². The van der Waals surface area contributed by atoms with Crippen molar-refractivity contribution in [1.82, 2.24) is 4.90 Å². The summed E-state index contributed by atoms with van der Waals surface area (Å²) < 4.78 is 0. The molecule has 0 aliphatic carbocycles. The molecule has 0 spiro atoms. The zero-order valence-corrected chi connectivity index (χ0v) is 8.32. The zero-order valence-electron chi connectivity index (χ0n) is 8.32. The Morgan fingerprint density at radius 1 is 1.50 bits per heavy atom. The number of phenolic OH excluding ortho intramolecular Hbond substituents is 1. The summed E-state index contributed by atoms with van der Waals surface area (Å²) in [7, 11) is 3.36. The summed E-state index contributed by atoms with van der Waals surface area (Å²) in [4.78, 5) is 13.0. The van der Waals surface area contributed by atoms with E-state index in [-0.39, 0.29) is 18.2 Å². The number of hydrogen-bond acceptors (Lipinski definition) is 3. The molecule has 0 radical (unpaired) electrons. The van der Waals surface area contributed by atoms with Gasteiger partial charge in [-0.2, -0.15) is 0 Å². The van der Waals surface area contributed by atoms with Crippen LogP contribution in [0.1, 0.15) is 15.9 Å². The minimum absolute atomic E-state index is 0.0975. The van der Waals surface area contributed by atoms with Crippen molar-refractivity contribution in [3.63, 3.8) is 0 Å². The highest BCUT2D eigenvalue weighted by Gasteiger charge is 2.09. The Morgan fingerprint density at radius 2 is 2.14 bits per heavy atom. The largest absolute Gasteiger partial charge is 0.508 e. The van der Waals surface area contributed by atoms with Gasteiger partial charge >= 0.3 is 0 Å². The highest BCUT2D eigenvalue weighted by Crippen LogP contribution is 2.18. The molecule has 1 amide bonds. The van der Waals surface area contributed by atoms with Gasteiger partial charge in [0.05, 0.1) is 0 Å². The van der Waals surface area contributed by atoms with E-state index in [1.807, 2.05) is 0 Å². The Balaban J connectivity index is 3.06. The molecule has 3 N–H and O–H groups in total. The number of rotatable bonds is 2. The van der Waals surface area contributed by atoms with E-state index in [9.17, 15) is 9.90 Å². The fourth-order valence-corrected chi connectivity index (χ4v) is 1.14. The van der Waals surface area contributed by atoms with Crippen molar-refractivity contribution >= 4 is 5.91 Å². The van der Waals surface area contributed by atoms with Crippen LogP contribution in [0.5, 0.6) is 5.75 Å². The molecule has 4 heteroatoms. The first-order chi connectivity index (χ1) is 6.56. The number of aromatic hydroxyl groups is 1. The molecule has 0 saturated carbocycles. The van der Waals surface area contributed by atoms with Gasteiger partial charge in [0.25, 0.3) is 5.91 Å². The Hall–Kier alpha value is -1.55. The first kappa shape index (κ1) is 10.5. The third-order valence-corrected chi connectivity index (χ3v) is 1.95. The number of carbonyl (C=O) groups excluding carboxylic acids is 1. The van der Waals surface area contributed by atoms with Gasteiger partial charge < -0.3 is 15.7 Å². The summed E-state index contributed by atoms with van der Waals surface area (Å²) in [5.41, 5.74) is 6.53. The highest BCUT2D eigenvalue weighted by atomic mass is 16.3. The number of phenols is 1. The molecule has 0 aliphatic rings. The molecule has 4 nitrogen and oxygen atoms in total. The van der Waals surface area contributed by atoms with Gasteiger partial charge in [-0.05, 0) is 18.2 Å². The number of carbonyl (C=O) groups is 1. The molecular weight excluding hydrogens is 180 g/mol. The smallest absolute Gasteiger partial charge is 0.253 e. The third-order valence-electron chi connectivity index (χ3n) is 1.95. The van der Waals surface area contributed by atoms with E-state index in [2.05, 4.69) is 0 Å². The normalized spacial score (nSPS) is 9.93. The van der Waals surface area contributed by atoms with Crippen LogP contribution in [0.2, 0.25) is 0 Å². The van der Waals surface area contributed by atoms with Crippen LogP contribution < -0.4 is 5.73 Å². The quantitative estimate of drug-likeness (QED) is 0.722. The molecule has 0 bridgehead atoms. The summed E-state index contributed by atoms with van der Waals surface area (Å²) in [5.74, 6) is 0.0301. The average Bonchev–Trinajstić information content (AvgIpc) is 2.17. The second-order valence-electron chi connectivity index (χ2n) is 3.25. The summed E-state index contributed by atoms with van der Waals surface area (Å²) >= 11 is 0. The molecule has 76 valence electrons. The van der Waals surface area contributed by atoms with Crippen LogP contribution in [0.15, 0.2) is 18.2 Å². The highest BCUT2D eigenvalue weighted by molar-refractivity contribution is 5.94. The first-order valence-electron chi connectivity index (χ1n) is 4.30. The number of nitrogens with two attached hydrogens (primary N) is 1. The van der Waals surface area contributed by atoms with Crippen molar-refractivity contribution in [3.8, 4) is 5.75 Å². The lowest BCUT2D eigenvalue weighted by Crippen LogP contribution is -2.21. The maximum atomic E-state index is 11.5. The molecule has 1 aromatic carbocycles. The molecule has 0 aliphatic heterocycles. The lowest BCUT2D eigenvalue weighted by atomic mass is 10.1. The van der Waals surface area contributed by atoms with Crippen molar-refractivity contribution in [2.24, 2.45) is 5.73 Å². The molecule has 0 fully saturated rings. The fraction of sp³-hybridized carbons (Fsp3) is 0.300. The summed E-state index contributed by atoms with van der Waals surface area (Å²) in [6.07, 6.45) is 0. The van der Waals surface area contributed by atoms with Gasteiger partial charge in [0, 0.05) is 31.8 Å². The van der Waals surface area contributed by atoms with Gasteiger partial charge in [-0.1, -0.05) is 0 Å². The van der Waals surface area contributed by atoms with Gasteiger partial charge in [-0.25, -0.2) is 0 Å². The van der Waals surface area contributed by atoms with E-state index in [0.29, 0.717) is 11.1 Å². The number of amides is 1. The van der Waals surface area contributed by atoms with E-state index >= 15 is 0 Å². The third kappa shape index (κ3) is 2.03. The average molecular weight is 194 g/mol. The Morgan fingerprint density at radius 3 is 2.64 bits per heavy atom. The predicted octanol–water partition coefficient (Wildman–Crippen LogP) is 0.553. The van der Waals surface area contributed by atoms with Gasteiger partial charge in [-0.3, -0.25) is 4.79 Å². The van der Waals surface area contributed by atoms with Gasteiger partial charge in [0.15, 0.2) is 0 Å². The summed E-state index contributed by atoms with van der Waals surface area (Å²) in [5, 5.41) is 9.35. The number of nitrogens with zero attached hydrogens (tertiary/aromatic N) is 1. The maximum Gasteiger partial charge on any atom is 0.253 e. The minimum atomic E-state index is -0.0975. The zero-order chi connectivity index (χ0) is 10.7. The Bertz CT molecular complexity index is 348. The van der Waals surface area contributed by atoms with Gasteiger partial charge in [-0.15, -0.1) is 0 Å². The van der Waals surface area contributed by atoms with Crippen LogP contribution in [-0.4, -0.2) is 30.0 Å². The van der Waals surface area contributed by atoms with E-state index in [4.69, 9.17) is 5.73 Å². The van der Waals surface area contributed by atoms with Gasteiger partial charge in [0.1, 0.15) is 5.75 Å². The molecule has 0 atom stereocenters. The van der Waals surface area contributed by atoms with Crippen molar-refractivity contribution < 1.29 is 9.90 Å². The molecule has 1 aromatic rings. The van der Waals surface area contributed by atoms with E-state index < -0.39 is 0 Å². The Kier molecular flexibility index (Phi) is 3.09. The van der Waals surface area contributed by atoms with Crippen LogP contribution in [0.25, 0.3) is 0 Å². The summed E-state index contributed by atoms with van der Waals surface area (Å²) in [6.45, 7) is 0.223. The van der Waals surface area contributed by atoms with Crippen LogP contribution in [0, 0.1) is 0 Å². The lowest BCUT2D eigenvalue weighted by molar-refractivity contribution is 0.0827. The monoisotopic (exact) mass is 194 g/mol. The van der Waals surface area contributed by atoms with E-state index in [1.54, 1.807) is 26.2 Å². The van der Waals surface area contributed by atoms with Crippen molar-refractivity contribution in [2.75, 3.05) is 14.1 Å². The molecule has 0 aromatic heterocycles. The molecule has 1 rings (SSSR count). The van der Waals surface area contributed by atoms with E-state index in [1.165, 1.54) is 11.0 Å². The standard InChI is InChI=1S/C10H14N2O2/c1-12(2)10(14)7-3-4-9(13)8(5-7)6-11/h3-5,13H,6,11H2,1-2H3. The Labute approximate surface area is 82.9 Å². The molecule has 0 saturated heterocycles. The van der Waals surface area contributed by atoms with Gasteiger partial charge in [0.2, 0.25) is 0 Å². The minimum Gasteiger partial charge on any atom is -0.508 e. The predicted molar refractivity (Wildman–Crippen MR) is 54.0 cm³/mol. The molecule has 0 heterocycles. The van der Waals surface area contributed by atoms with E-state index in [0.717, 1.165) is 0 Å². The molecule has 14 heavy (non-hydrogen) atoms. The first-order valence-corrected chi connectivity index (χ1v) is 4.30. The van der Waals surface area contributed by atoms with Crippen molar-refractivity contribution in [3.05, 3.63) is 29.3 Å². The second kappa shape index (κ2) is 4.11. The molecule has 0 unspecified atom stereocenters. The lowest BCUT2D eigenvalue weighted by Gasteiger charge is -2.11. The SMILES string of the molecule is CN(C)C(=O)c1ccc(O)c(CN)c1. The van der Waals surface area contributed by atoms with Crippen LogP contribution in [0.3, 0.4) is 0 Å². The second-order valence-corrected chi connectivity index (χ2v) is 3.25. The van der Waals surface area contributed by atoms with Crippen LogP contribution in [0.4, 0.5) is 0 Å². The maximum absolute atomic E-state index is 11.5. The van der Waals surface area contributed by atoms with Crippen LogP contribution >= 0.6 is 0 Å². The van der Waals surface area contributed by atoms with Crippen molar-refractivity contribution in [2.45, 2.75) is 6.54 Å². The number of hydrogen-bond donors (Lipinski definition) is 2. The molecular formula is C10H14N2O2. The topological polar surface area (TPSA) is 66.6 Å². The fourth-order valence-electron chi connectivity index (χ4n) is 1.14.